The number of hydrogen-bond acceptors (Lipinski definition) is 2. The molecule has 5 aromatic carbocycles. The van der Waals surface area contributed by atoms with Gasteiger partial charge in [-0.25, -0.2) is 0 Å². The molecule has 0 aromatic heterocycles. The topological polar surface area (TPSA) is 37.4 Å². The van der Waals surface area contributed by atoms with Gasteiger partial charge in [0, 0.05) is 24.0 Å². The van der Waals surface area contributed by atoms with Gasteiger partial charge in [-0.3, -0.25) is 14.5 Å². The van der Waals surface area contributed by atoms with Gasteiger partial charge in [0.2, 0.25) is 0 Å². The van der Waals surface area contributed by atoms with Crippen molar-refractivity contribution >= 4 is 70.8 Å². The molecule has 3 nitrogen and oxygen atoms in total. The molecular weight excluding hydrogens is 570 g/mol. The first kappa shape index (κ1) is 29.0. The third-order valence-electron chi connectivity index (χ3n) is 7.94. The van der Waals surface area contributed by atoms with Crippen LogP contribution in [-0.2, 0) is 9.59 Å². The number of rotatable bonds is 11. The van der Waals surface area contributed by atoms with Crippen molar-refractivity contribution in [3.8, 4) is 0 Å². The second-order valence-electron chi connectivity index (χ2n) is 11.0. The molecule has 0 N–H and O–H groups in total. The first-order valence-corrected chi connectivity index (χ1v) is 16.1. The van der Waals surface area contributed by atoms with Gasteiger partial charge in [0.1, 0.15) is 0 Å². The van der Waals surface area contributed by atoms with E-state index in [1.54, 1.807) is 0 Å². The maximum absolute atomic E-state index is 11.3. The first-order chi connectivity index (χ1) is 20.1. The summed E-state index contributed by atoms with van der Waals surface area (Å²) in [5.74, 6) is -0.311. The second kappa shape index (κ2) is 14.4. The van der Waals surface area contributed by atoms with Gasteiger partial charge < -0.3 is 0 Å². The van der Waals surface area contributed by atoms with Crippen molar-refractivity contribution in [2.75, 3.05) is 11.9 Å². The van der Waals surface area contributed by atoms with Gasteiger partial charge in [-0.1, -0.05) is 109 Å². The van der Waals surface area contributed by atoms with Gasteiger partial charge >= 0.3 is 0 Å². The number of nitrogens with zero attached hydrogens (tertiary/aromatic N) is 1. The van der Waals surface area contributed by atoms with Crippen molar-refractivity contribution < 1.29 is 9.59 Å². The van der Waals surface area contributed by atoms with Crippen LogP contribution >= 0.6 is 15.9 Å². The van der Waals surface area contributed by atoms with E-state index in [0.29, 0.717) is 6.54 Å². The lowest BCUT2D eigenvalue weighted by Crippen LogP contribution is -2.30. The minimum absolute atomic E-state index is 0.156. The number of hydrogen-bond donors (Lipinski definition) is 0. The van der Waals surface area contributed by atoms with E-state index in [4.69, 9.17) is 0 Å². The highest BCUT2D eigenvalue weighted by Crippen LogP contribution is 2.30. The predicted octanol–water partition coefficient (Wildman–Crippen LogP) is 10.1. The summed E-state index contributed by atoms with van der Waals surface area (Å²) in [6, 6.07) is 30.9. The average Bonchev–Trinajstić information content (AvgIpc) is 3.31. The van der Waals surface area contributed by atoms with Crippen molar-refractivity contribution in [1.29, 1.82) is 0 Å². The van der Waals surface area contributed by atoms with Crippen LogP contribution in [0.4, 0.5) is 0 Å². The Morgan fingerprint density at radius 3 is 1.12 bits per heavy atom. The zero-order valence-electron chi connectivity index (χ0n) is 23.7. The molecule has 0 radical (unpaired) electrons. The normalized spacial score (nSPS) is 13.0. The molecule has 210 valence electrons. The summed E-state index contributed by atoms with van der Waals surface area (Å²) in [5, 5.41) is 11.6. The van der Waals surface area contributed by atoms with Crippen LogP contribution in [0.3, 0.4) is 0 Å². The van der Waals surface area contributed by atoms with E-state index in [1.807, 2.05) is 0 Å². The summed E-state index contributed by atoms with van der Waals surface area (Å²) in [6.45, 7) is 0.579. The Hall–Kier alpha value is -3.50. The van der Waals surface area contributed by atoms with Gasteiger partial charge in [-0.15, -0.1) is 0 Å². The van der Waals surface area contributed by atoms with Crippen LogP contribution in [0.15, 0.2) is 97.1 Å². The highest BCUT2D eigenvalue weighted by molar-refractivity contribution is 9.09. The van der Waals surface area contributed by atoms with E-state index in [2.05, 4.69) is 101 Å². The largest absolute Gasteiger partial charge is 0.275 e. The zero-order valence-corrected chi connectivity index (χ0v) is 25.2. The average molecular weight is 609 g/mol. The third kappa shape index (κ3) is 7.62. The quantitative estimate of drug-likeness (QED) is 0.0648. The van der Waals surface area contributed by atoms with E-state index in [1.165, 1.54) is 105 Å². The Balaban J connectivity index is 0.000000167. The van der Waals surface area contributed by atoms with E-state index in [9.17, 15) is 9.59 Å². The van der Waals surface area contributed by atoms with Crippen LogP contribution in [0, 0.1) is 0 Å². The molecule has 4 heteroatoms. The van der Waals surface area contributed by atoms with Crippen molar-refractivity contribution in [2.45, 2.75) is 57.8 Å². The van der Waals surface area contributed by atoms with Crippen molar-refractivity contribution in [2.24, 2.45) is 0 Å². The van der Waals surface area contributed by atoms with E-state index in [-0.39, 0.29) is 11.8 Å². The maximum Gasteiger partial charge on any atom is 0.253 e. The van der Waals surface area contributed by atoms with Crippen molar-refractivity contribution in [3.05, 3.63) is 97.1 Å². The molecule has 0 fully saturated rings. The first-order valence-electron chi connectivity index (χ1n) is 15.0. The fourth-order valence-corrected chi connectivity index (χ4v) is 6.04. The number of carbonyl (C=O) groups excluding carboxylic acids is 2. The number of unbranched alkanes of at least 4 members (excludes halogenated alkanes) is 8. The molecule has 6 rings (SSSR count). The molecule has 5 aromatic rings. The molecule has 0 spiro atoms. The minimum Gasteiger partial charge on any atom is -0.275 e. The fourth-order valence-electron chi connectivity index (χ4n) is 5.64. The lowest BCUT2D eigenvalue weighted by Gasteiger charge is -2.12. The van der Waals surface area contributed by atoms with Gasteiger partial charge in [0.25, 0.3) is 11.8 Å². The number of fused-ring (bicyclic) bond motifs is 4. The molecule has 0 atom stereocenters. The number of carbonyl (C=O) groups is 2. The van der Waals surface area contributed by atoms with E-state index in [0.717, 1.165) is 18.2 Å². The summed E-state index contributed by atoms with van der Waals surface area (Å²) >= 11 is 3.44. The van der Waals surface area contributed by atoms with Gasteiger partial charge in [-0.2, -0.15) is 0 Å². The molecule has 0 saturated heterocycles. The number of halogens is 1. The second-order valence-corrected chi connectivity index (χ2v) is 11.8. The molecule has 2 amide bonds. The Bertz CT molecular complexity index is 1490. The lowest BCUT2D eigenvalue weighted by molar-refractivity contribution is -0.136. The van der Waals surface area contributed by atoms with Crippen LogP contribution < -0.4 is 0 Å². The SMILES string of the molecule is O=C1C=CC(=O)N1CCCCCCCCCCCBr.c1ccc2cc3cc4cc5ccccc5cc4cc3cc2c1. The fraction of sp³-hybridized carbons (Fsp3) is 0.297. The third-order valence-corrected chi connectivity index (χ3v) is 8.50. The van der Waals surface area contributed by atoms with Crippen LogP contribution in [0.5, 0.6) is 0 Å². The van der Waals surface area contributed by atoms with Crippen molar-refractivity contribution in [1.82, 2.24) is 4.90 Å². The maximum atomic E-state index is 11.3. The summed E-state index contributed by atoms with van der Waals surface area (Å²) in [7, 11) is 0. The standard InChI is InChI=1S/C22H14.C15H24BrNO2/c1-2-6-16-10-20-14-22-12-18-8-4-3-7-17(18)11-21(22)13-19(20)9-15(16)5-1;16-12-8-6-4-2-1-3-5-7-9-13-17-14(18)10-11-15(17)19/h1-14H;10-11H,1-9,12-13H2. The van der Waals surface area contributed by atoms with E-state index >= 15 is 0 Å². The summed E-state index contributed by atoms with van der Waals surface area (Å²) in [4.78, 5) is 23.9. The van der Waals surface area contributed by atoms with Crippen LogP contribution in [0.2, 0.25) is 0 Å². The van der Waals surface area contributed by atoms with Crippen molar-refractivity contribution in [3.63, 3.8) is 0 Å². The molecule has 1 aliphatic rings. The lowest BCUT2D eigenvalue weighted by atomic mass is 9.97. The zero-order chi connectivity index (χ0) is 28.4. The predicted molar refractivity (Wildman–Crippen MR) is 178 cm³/mol. The molecular formula is C37H38BrNO2. The number of alkyl halides is 1. The Morgan fingerprint density at radius 2 is 0.756 bits per heavy atom. The number of imide groups is 1. The molecule has 0 saturated carbocycles. The van der Waals surface area contributed by atoms with Crippen LogP contribution in [-0.4, -0.2) is 28.6 Å². The Labute approximate surface area is 251 Å². The van der Waals surface area contributed by atoms with Gasteiger partial charge in [0.05, 0.1) is 0 Å². The number of amides is 2. The van der Waals surface area contributed by atoms with Crippen LogP contribution in [0.25, 0.3) is 43.1 Å². The highest BCUT2D eigenvalue weighted by Gasteiger charge is 2.22. The van der Waals surface area contributed by atoms with Gasteiger partial charge in [-0.05, 0) is 92.3 Å². The molecule has 0 aliphatic carbocycles. The Morgan fingerprint density at radius 1 is 0.439 bits per heavy atom. The molecule has 0 bridgehead atoms. The monoisotopic (exact) mass is 607 g/mol. The summed E-state index contributed by atoms with van der Waals surface area (Å²) in [6.07, 6.45) is 13.8. The summed E-state index contributed by atoms with van der Waals surface area (Å²) in [5.41, 5.74) is 0. The highest BCUT2D eigenvalue weighted by atomic mass is 79.9. The molecule has 1 aliphatic heterocycles. The minimum atomic E-state index is -0.156. The molecule has 1 heterocycles. The smallest absolute Gasteiger partial charge is 0.253 e. The Kier molecular flexibility index (Phi) is 10.2. The summed E-state index contributed by atoms with van der Waals surface area (Å²) < 4.78 is 0. The van der Waals surface area contributed by atoms with E-state index < -0.39 is 0 Å². The number of benzene rings is 5. The molecule has 41 heavy (non-hydrogen) atoms. The van der Waals surface area contributed by atoms with Crippen LogP contribution in [0.1, 0.15) is 57.8 Å². The molecule has 0 unspecified atom stereocenters. The van der Waals surface area contributed by atoms with Gasteiger partial charge in [0.15, 0.2) is 0 Å².